The number of anilines is 1. The van der Waals surface area contributed by atoms with Gasteiger partial charge in [0.25, 0.3) is 0 Å². The van der Waals surface area contributed by atoms with Crippen molar-refractivity contribution in [2.45, 2.75) is 6.54 Å². The molecule has 1 aromatic heterocycles. The molecule has 1 heterocycles. The van der Waals surface area contributed by atoms with Gasteiger partial charge in [-0.15, -0.1) is 0 Å². The molecule has 0 aliphatic rings. The van der Waals surface area contributed by atoms with Crippen LogP contribution >= 0.6 is 0 Å². The molecule has 0 amide bonds. The summed E-state index contributed by atoms with van der Waals surface area (Å²) in [5.41, 5.74) is 3.03. The molecule has 1 aromatic carbocycles. The van der Waals surface area contributed by atoms with Crippen molar-refractivity contribution in [2.24, 2.45) is 0 Å². The van der Waals surface area contributed by atoms with Crippen LogP contribution in [-0.2, 0) is 6.54 Å². The lowest BCUT2D eigenvalue weighted by atomic mass is 10.1. The lowest BCUT2D eigenvalue weighted by molar-refractivity contribution is 0.919. The zero-order chi connectivity index (χ0) is 13.7. The van der Waals surface area contributed by atoms with Gasteiger partial charge in [-0.05, 0) is 29.8 Å². The van der Waals surface area contributed by atoms with E-state index in [0.29, 0.717) is 17.8 Å². The first-order valence-electron chi connectivity index (χ1n) is 5.79. The highest BCUT2D eigenvalue weighted by Gasteiger charge is 2.04. The van der Waals surface area contributed by atoms with Crippen LogP contribution in [0.4, 0.5) is 5.69 Å². The maximum Gasteiger partial charge on any atom is 0.142 e. The summed E-state index contributed by atoms with van der Waals surface area (Å²) in [6, 6.07) is 15.2. The van der Waals surface area contributed by atoms with E-state index in [0.717, 1.165) is 11.3 Å². The largest absolute Gasteiger partial charge is 0.370 e. The van der Waals surface area contributed by atoms with Gasteiger partial charge in [-0.1, -0.05) is 12.1 Å². The second-order valence-corrected chi connectivity index (χ2v) is 4.18. The molecule has 2 rings (SSSR count). The number of benzene rings is 1. The molecule has 0 aliphatic carbocycles. The lowest BCUT2D eigenvalue weighted by Gasteiger charge is -2.19. The first kappa shape index (κ1) is 12.6. The fraction of sp³-hybridized carbons (Fsp3) is 0.133. The van der Waals surface area contributed by atoms with Crippen LogP contribution < -0.4 is 4.90 Å². The summed E-state index contributed by atoms with van der Waals surface area (Å²) in [5.74, 6) is 0. The molecule has 0 unspecified atom stereocenters. The Morgan fingerprint density at radius 1 is 1.16 bits per heavy atom. The van der Waals surface area contributed by atoms with Gasteiger partial charge in [-0.3, -0.25) is 0 Å². The minimum Gasteiger partial charge on any atom is -0.370 e. The highest BCUT2D eigenvalue weighted by molar-refractivity contribution is 5.48. The summed E-state index contributed by atoms with van der Waals surface area (Å²) >= 11 is 0. The van der Waals surface area contributed by atoms with Crippen LogP contribution in [0.1, 0.15) is 16.8 Å². The van der Waals surface area contributed by atoms with Crippen LogP contribution in [0.25, 0.3) is 0 Å². The van der Waals surface area contributed by atoms with Gasteiger partial charge < -0.3 is 4.90 Å². The fourth-order valence-corrected chi connectivity index (χ4v) is 1.82. The van der Waals surface area contributed by atoms with E-state index in [4.69, 9.17) is 10.5 Å². The van der Waals surface area contributed by atoms with Gasteiger partial charge in [0.2, 0.25) is 0 Å². The average molecular weight is 248 g/mol. The van der Waals surface area contributed by atoms with Crippen LogP contribution in [0.5, 0.6) is 0 Å². The van der Waals surface area contributed by atoms with Crippen molar-refractivity contribution in [3.8, 4) is 12.1 Å². The Hall–Kier alpha value is -2.85. The Balaban J connectivity index is 2.18. The van der Waals surface area contributed by atoms with Crippen molar-refractivity contribution in [3.63, 3.8) is 0 Å². The van der Waals surface area contributed by atoms with Gasteiger partial charge >= 0.3 is 0 Å². The van der Waals surface area contributed by atoms with E-state index in [1.807, 2.05) is 42.3 Å². The van der Waals surface area contributed by atoms with Gasteiger partial charge in [-0.2, -0.15) is 10.5 Å². The standard InChI is InChI=1S/C15H12N4/c1-19(15-5-6-18-14(8-15)10-17)11-13-4-2-3-12(7-13)9-16/h2-8H,11H2,1H3. The number of pyridine rings is 1. The zero-order valence-electron chi connectivity index (χ0n) is 10.5. The van der Waals surface area contributed by atoms with Crippen LogP contribution in [0.2, 0.25) is 0 Å². The molecule has 0 bridgehead atoms. The smallest absolute Gasteiger partial charge is 0.142 e. The van der Waals surface area contributed by atoms with Crippen LogP contribution in [-0.4, -0.2) is 12.0 Å². The van der Waals surface area contributed by atoms with E-state index >= 15 is 0 Å². The molecule has 2 aromatic rings. The van der Waals surface area contributed by atoms with E-state index in [2.05, 4.69) is 11.1 Å². The molecule has 92 valence electrons. The number of aromatic nitrogens is 1. The second-order valence-electron chi connectivity index (χ2n) is 4.18. The van der Waals surface area contributed by atoms with Gasteiger partial charge in [0.05, 0.1) is 11.6 Å². The van der Waals surface area contributed by atoms with E-state index in [-0.39, 0.29) is 0 Å². The maximum atomic E-state index is 8.87. The first-order valence-corrected chi connectivity index (χ1v) is 5.79. The van der Waals surface area contributed by atoms with Crippen molar-refractivity contribution in [1.82, 2.24) is 4.98 Å². The molecule has 0 atom stereocenters. The number of rotatable bonds is 3. The number of nitriles is 2. The summed E-state index contributed by atoms with van der Waals surface area (Å²) < 4.78 is 0. The second kappa shape index (κ2) is 5.66. The third-order valence-corrected chi connectivity index (χ3v) is 2.77. The number of hydrogen-bond donors (Lipinski definition) is 0. The SMILES string of the molecule is CN(Cc1cccc(C#N)c1)c1ccnc(C#N)c1. The maximum absolute atomic E-state index is 8.87. The molecule has 0 radical (unpaired) electrons. The van der Waals surface area contributed by atoms with E-state index in [1.165, 1.54) is 0 Å². The Bertz CT molecular complexity index is 664. The summed E-state index contributed by atoms with van der Waals surface area (Å²) in [7, 11) is 1.94. The Morgan fingerprint density at radius 2 is 2.00 bits per heavy atom. The molecule has 19 heavy (non-hydrogen) atoms. The predicted molar refractivity (Wildman–Crippen MR) is 72.2 cm³/mol. The molecule has 4 nitrogen and oxygen atoms in total. The molecule has 0 aliphatic heterocycles. The van der Waals surface area contributed by atoms with Crippen LogP contribution in [0.15, 0.2) is 42.6 Å². The topological polar surface area (TPSA) is 63.7 Å². The summed E-state index contributed by atoms with van der Waals surface area (Å²) in [4.78, 5) is 5.96. The Morgan fingerprint density at radius 3 is 2.74 bits per heavy atom. The minimum atomic E-state index is 0.398. The molecule has 0 N–H and O–H groups in total. The summed E-state index contributed by atoms with van der Waals surface area (Å²) in [6.07, 6.45) is 1.62. The minimum absolute atomic E-state index is 0.398. The molecular weight excluding hydrogens is 236 g/mol. The zero-order valence-corrected chi connectivity index (χ0v) is 10.5. The Kier molecular flexibility index (Phi) is 3.75. The molecular formula is C15H12N4. The quantitative estimate of drug-likeness (QED) is 0.837. The predicted octanol–water partition coefficient (Wildman–Crippen LogP) is 2.46. The lowest BCUT2D eigenvalue weighted by Crippen LogP contribution is -2.16. The molecule has 4 heteroatoms. The monoisotopic (exact) mass is 248 g/mol. The van der Waals surface area contributed by atoms with Crippen molar-refractivity contribution in [1.29, 1.82) is 10.5 Å². The van der Waals surface area contributed by atoms with Crippen LogP contribution in [0, 0.1) is 22.7 Å². The third-order valence-electron chi connectivity index (χ3n) is 2.77. The average Bonchev–Trinajstić information content (AvgIpc) is 2.47. The number of hydrogen-bond acceptors (Lipinski definition) is 4. The highest BCUT2D eigenvalue weighted by Crippen LogP contribution is 2.16. The third kappa shape index (κ3) is 3.08. The Labute approximate surface area is 112 Å². The first-order chi connectivity index (χ1) is 9.22. The van der Waals surface area contributed by atoms with E-state index in [9.17, 15) is 0 Å². The summed E-state index contributed by atoms with van der Waals surface area (Å²) in [6.45, 7) is 0.671. The normalized spacial score (nSPS) is 9.42. The van der Waals surface area contributed by atoms with Gasteiger partial charge in [0, 0.05) is 25.5 Å². The molecule has 0 saturated carbocycles. The highest BCUT2D eigenvalue weighted by atomic mass is 15.1. The van der Waals surface area contributed by atoms with E-state index in [1.54, 1.807) is 18.3 Å². The summed E-state index contributed by atoms with van der Waals surface area (Å²) in [5, 5.41) is 17.7. The van der Waals surface area contributed by atoms with Crippen molar-refractivity contribution in [3.05, 3.63) is 59.4 Å². The van der Waals surface area contributed by atoms with Gasteiger partial charge in [0.1, 0.15) is 11.8 Å². The van der Waals surface area contributed by atoms with Crippen molar-refractivity contribution in [2.75, 3.05) is 11.9 Å². The van der Waals surface area contributed by atoms with E-state index < -0.39 is 0 Å². The van der Waals surface area contributed by atoms with Crippen molar-refractivity contribution >= 4 is 5.69 Å². The molecule has 0 fully saturated rings. The fourth-order valence-electron chi connectivity index (χ4n) is 1.82. The number of nitrogens with zero attached hydrogens (tertiary/aromatic N) is 4. The van der Waals surface area contributed by atoms with Crippen LogP contribution in [0.3, 0.4) is 0 Å². The molecule has 0 spiro atoms. The van der Waals surface area contributed by atoms with Gasteiger partial charge in [0.15, 0.2) is 0 Å². The molecule has 0 saturated heterocycles. The van der Waals surface area contributed by atoms with Gasteiger partial charge in [-0.25, -0.2) is 4.98 Å². The van der Waals surface area contributed by atoms with Crippen molar-refractivity contribution < 1.29 is 0 Å².